The van der Waals surface area contributed by atoms with Gasteiger partial charge < -0.3 is 8.82 Å². The fourth-order valence-electron chi connectivity index (χ4n) is 1.90. The predicted molar refractivity (Wildman–Crippen MR) is 63.0 cm³/mol. The smallest absolute Gasteiger partial charge is 0.154 e. The summed E-state index contributed by atoms with van der Waals surface area (Å²) in [5.74, 6) is 0.735. The van der Waals surface area contributed by atoms with Crippen LogP contribution >= 0.6 is 0 Å². The number of carbonyl (C=O) groups is 1. The lowest BCUT2D eigenvalue weighted by molar-refractivity contribution is 0.112. The van der Waals surface area contributed by atoms with E-state index in [1.54, 1.807) is 18.5 Å². The molecule has 4 nitrogen and oxygen atoms in total. The molecule has 0 saturated carbocycles. The topological polar surface area (TPSA) is 47.5 Å². The van der Waals surface area contributed by atoms with Gasteiger partial charge in [0.1, 0.15) is 11.3 Å². The summed E-state index contributed by atoms with van der Waals surface area (Å²) in [4.78, 5) is 15.2. The normalized spacial score (nSPS) is 10.9. The molecule has 0 aliphatic carbocycles. The molecular weight excluding hydrogens is 216 g/mol. The molecule has 0 N–H and O–H groups in total. The molecular formula is C13H10N2O2. The number of rotatable bonds is 2. The monoisotopic (exact) mass is 226 g/mol. The van der Waals surface area contributed by atoms with Gasteiger partial charge in [-0.25, -0.2) is 4.98 Å². The molecule has 3 aromatic rings. The zero-order valence-electron chi connectivity index (χ0n) is 9.25. The minimum Gasteiger partial charge on any atom is -0.463 e. The van der Waals surface area contributed by atoms with Gasteiger partial charge in [-0.05, 0) is 31.2 Å². The van der Waals surface area contributed by atoms with Crippen molar-refractivity contribution >= 4 is 11.9 Å². The number of pyridine rings is 1. The van der Waals surface area contributed by atoms with Gasteiger partial charge >= 0.3 is 0 Å². The number of furan rings is 1. The summed E-state index contributed by atoms with van der Waals surface area (Å²) in [6.45, 7) is 1.95. The molecule has 4 heteroatoms. The largest absolute Gasteiger partial charge is 0.463 e. The third-order valence-corrected chi connectivity index (χ3v) is 2.77. The second-order valence-corrected chi connectivity index (χ2v) is 3.83. The number of carbonyl (C=O) groups excluding carboxylic acids is 1. The van der Waals surface area contributed by atoms with E-state index in [1.807, 2.05) is 29.5 Å². The van der Waals surface area contributed by atoms with E-state index >= 15 is 0 Å². The SMILES string of the molecule is Cc1c(-c2ccco2)nc2ccc(C=O)cn12. The highest BCUT2D eigenvalue weighted by molar-refractivity contribution is 5.75. The lowest BCUT2D eigenvalue weighted by Gasteiger charge is -1.97. The van der Waals surface area contributed by atoms with Crippen molar-refractivity contribution in [3.63, 3.8) is 0 Å². The second-order valence-electron chi connectivity index (χ2n) is 3.83. The maximum Gasteiger partial charge on any atom is 0.154 e. The summed E-state index contributed by atoms with van der Waals surface area (Å²) in [5, 5.41) is 0. The Bertz CT molecular complexity index is 681. The van der Waals surface area contributed by atoms with E-state index in [9.17, 15) is 4.79 Å². The first-order chi connectivity index (χ1) is 8.29. The van der Waals surface area contributed by atoms with Crippen LogP contribution in [0.2, 0.25) is 0 Å². The van der Waals surface area contributed by atoms with Gasteiger partial charge in [0.2, 0.25) is 0 Å². The van der Waals surface area contributed by atoms with Crippen LogP contribution in [0.1, 0.15) is 16.1 Å². The standard InChI is InChI=1S/C13H10N2O2/c1-9-13(11-3-2-6-17-11)14-12-5-4-10(8-16)7-15(9)12/h2-8H,1H3. The van der Waals surface area contributed by atoms with Gasteiger partial charge in [0.15, 0.2) is 12.0 Å². The van der Waals surface area contributed by atoms with Crippen LogP contribution in [0.4, 0.5) is 0 Å². The van der Waals surface area contributed by atoms with E-state index in [2.05, 4.69) is 4.98 Å². The number of hydrogen-bond donors (Lipinski definition) is 0. The average Bonchev–Trinajstić information content (AvgIpc) is 2.97. The summed E-state index contributed by atoms with van der Waals surface area (Å²) < 4.78 is 7.23. The lowest BCUT2D eigenvalue weighted by atomic mass is 10.3. The Balaban J connectivity index is 2.29. The molecule has 0 radical (unpaired) electrons. The van der Waals surface area contributed by atoms with Gasteiger partial charge in [0.25, 0.3) is 0 Å². The van der Waals surface area contributed by atoms with Crippen molar-refractivity contribution in [2.24, 2.45) is 0 Å². The number of aryl methyl sites for hydroxylation is 1. The molecule has 3 aromatic heterocycles. The highest BCUT2D eigenvalue weighted by Crippen LogP contribution is 2.24. The number of nitrogens with zero attached hydrogens (tertiary/aromatic N) is 2. The second kappa shape index (κ2) is 3.59. The highest BCUT2D eigenvalue weighted by atomic mass is 16.3. The predicted octanol–water partition coefficient (Wildman–Crippen LogP) is 2.72. The van der Waals surface area contributed by atoms with E-state index in [0.29, 0.717) is 5.56 Å². The molecule has 0 bridgehead atoms. The van der Waals surface area contributed by atoms with Crippen molar-refractivity contribution in [2.75, 3.05) is 0 Å². The molecule has 84 valence electrons. The van der Waals surface area contributed by atoms with E-state index < -0.39 is 0 Å². The number of imidazole rings is 1. The van der Waals surface area contributed by atoms with Crippen LogP contribution < -0.4 is 0 Å². The Morgan fingerprint density at radius 1 is 1.35 bits per heavy atom. The summed E-state index contributed by atoms with van der Waals surface area (Å²) in [6.07, 6.45) is 4.22. The van der Waals surface area contributed by atoms with Crippen molar-refractivity contribution in [2.45, 2.75) is 6.92 Å². The molecule has 3 rings (SSSR count). The van der Waals surface area contributed by atoms with Crippen molar-refractivity contribution in [3.05, 3.63) is 48.0 Å². The fourth-order valence-corrected chi connectivity index (χ4v) is 1.90. The number of aromatic nitrogens is 2. The van der Waals surface area contributed by atoms with Crippen LogP contribution in [0.5, 0.6) is 0 Å². The van der Waals surface area contributed by atoms with E-state index in [0.717, 1.165) is 29.1 Å². The Hall–Kier alpha value is -2.36. The zero-order valence-corrected chi connectivity index (χ0v) is 9.25. The van der Waals surface area contributed by atoms with Crippen molar-refractivity contribution in [1.82, 2.24) is 9.38 Å². The van der Waals surface area contributed by atoms with Gasteiger partial charge in [-0.3, -0.25) is 4.79 Å². The molecule has 0 spiro atoms. The Labute approximate surface area is 97.5 Å². The van der Waals surface area contributed by atoms with Gasteiger partial charge in [0.05, 0.1) is 12.0 Å². The van der Waals surface area contributed by atoms with Crippen LogP contribution in [0, 0.1) is 6.92 Å². The number of fused-ring (bicyclic) bond motifs is 1. The fraction of sp³-hybridized carbons (Fsp3) is 0.0769. The van der Waals surface area contributed by atoms with Crippen LogP contribution in [0.25, 0.3) is 17.1 Å². The third kappa shape index (κ3) is 1.45. The summed E-state index contributed by atoms with van der Waals surface area (Å²) >= 11 is 0. The van der Waals surface area contributed by atoms with E-state index in [1.165, 1.54) is 0 Å². The van der Waals surface area contributed by atoms with Crippen molar-refractivity contribution in [3.8, 4) is 11.5 Å². The van der Waals surface area contributed by atoms with Crippen molar-refractivity contribution in [1.29, 1.82) is 0 Å². The molecule has 3 heterocycles. The summed E-state index contributed by atoms with van der Waals surface area (Å²) in [7, 11) is 0. The van der Waals surface area contributed by atoms with Gasteiger partial charge in [-0.1, -0.05) is 0 Å². The molecule has 0 fully saturated rings. The van der Waals surface area contributed by atoms with Crippen LogP contribution in [-0.4, -0.2) is 15.7 Å². The number of hydrogen-bond acceptors (Lipinski definition) is 3. The minimum atomic E-state index is 0.629. The first-order valence-corrected chi connectivity index (χ1v) is 5.27. The highest BCUT2D eigenvalue weighted by Gasteiger charge is 2.12. The summed E-state index contributed by atoms with van der Waals surface area (Å²) in [5.41, 5.74) is 3.19. The Morgan fingerprint density at radius 3 is 2.94 bits per heavy atom. The van der Waals surface area contributed by atoms with Gasteiger partial charge in [-0.2, -0.15) is 0 Å². The van der Waals surface area contributed by atoms with Gasteiger partial charge in [-0.15, -0.1) is 0 Å². The van der Waals surface area contributed by atoms with Crippen LogP contribution in [-0.2, 0) is 0 Å². The molecule has 0 aliphatic rings. The van der Waals surface area contributed by atoms with Gasteiger partial charge in [0, 0.05) is 11.8 Å². The first kappa shape index (κ1) is 9.84. The van der Waals surface area contributed by atoms with Crippen LogP contribution in [0.15, 0.2) is 41.1 Å². The van der Waals surface area contributed by atoms with E-state index in [4.69, 9.17) is 4.42 Å². The van der Waals surface area contributed by atoms with E-state index in [-0.39, 0.29) is 0 Å². The maximum absolute atomic E-state index is 10.7. The molecule has 0 aromatic carbocycles. The van der Waals surface area contributed by atoms with Crippen LogP contribution in [0.3, 0.4) is 0 Å². The minimum absolute atomic E-state index is 0.629. The zero-order chi connectivity index (χ0) is 11.8. The lowest BCUT2D eigenvalue weighted by Crippen LogP contribution is -1.90. The van der Waals surface area contributed by atoms with Crippen molar-refractivity contribution < 1.29 is 9.21 Å². The molecule has 0 aliphatic heterocycles. The molecule has 0 saturated heterocycles. The Kier molecular flexibility index (Phi) is 2.08. The molecule has 0 atom stereocenters. The maximum atomic E-state index is 10.7. The molecule has 0 unspecified atom stereocenters. The first-order valence-electron chi connectivity index (χ1n) is 5.27. The third-order valence-electron chi connectivity index (χ3n) is 2.77. The summed E-state index contributed by atoms with van der Waals surface area (Å²) in [6, 6.07) is 7.27. The number of aldehydes is 1. The average molecular weight is 226 g/mol. The Morgan fingerprint density at radius 2 is 2.24 bits per heavy atom. The molecule has 0 amide bonds. The molecule has 17 heavy (non-hydrogen) atoms. The quantitative estimate of drug-likeness (QED) is 0.631.